The summed E-state index contributed by atoms with van der Waals surface area (Å²) in [7, 11) is 0. The number of carbonyl (C=O) groups excluding carboxylic acids is 1. The van der Waals surface area contributed by atoms with Crippen molar-refractivity contribution in [2.24, 2.45) is 11.8 Å². The van der Waals surface area contributed by atoms with E-state index in [1.54, 1.807) is 0 Å². The molecule has 4 atom stereocenters. The Labute approximate surface area is 179 Å². The Morgan fingerprint density at radius 2 is 1.76 bits per heavy atom. The van der Waals surface area contributed by atoms with Gasteiger partial charge in [-0.1, -0.05) is 58.4 Å². The third-order valence-corrected chi connectivity index (χ3v) is 5.94. The van der Waals surface area contributed by atoms with Crippen LogP contribution in [0.15, 0.2) is 59.1 Å². The molecule has 29 heavy (non-hydrogen) atoms. The summed E-state index contributed by atoms with van der Waals surface area (Å²) in [5, 5.41) is 9.87. The zero-order valence-electron chi connectivity index (χ0n) is 16.3. The van der Waals surface area contributed by atoms with E-state index in [4.69, 9.17) is 9.47 Å². The fourth-order valence-corrected chi connectivity index (χ4v) is 4.33. The highest BCUT2D eigenvalue weighted by molar-refractivity contribution is 9.10. The van der Waals surface area contributed by atoms with Gasteiger partial charge in [0.2, 0.25) is 0 Å². The summed E-state index contributed by atoms with van der Waals surface area (Å²) in [6.45, 7) is 2.53. The lowest BCUT2D eigenvalue weighted by Crippen LogP contribution is -2.43. The molecule has 154 valence electrons. The number of hydrogen-bond donors (Lipinski definition) is 1. The van der Waals surface area contributed by atoms with Crippen LogP contribution in [0.4, 0.5) is 0 Å². The average Bonchev–Trinajstić information content (AvgIpc) is 2.73. The summed E-state index contributed by atoms with van der Waals surface area (Å²) in [6.07, 6.45) is 0.694. The van der Waals surface area contributed by atoms with E-state index < -0.39 is 23.8 Å². The van der Waals surface area contributed by atoms with Crippen LogP contribution in [0.3, 0.4) is 0 Å². The largest absolute Gasteiger partial charge is 0.481 e. The van der Waals surface area contributed by atoms with E-state index in [-0.39, 0.29) is 18.6 Å². The molecule has 3 unspecified atom stereocenters. The lowest BCUT2D eigenvalue weighted by atomic mass is 9.68. The quantitative estimate of drug-likeness (QED) is 0.601. The van der Waals surface area contributed by atoms with Crippen LogP contribution in [0, 0.1) is 11.8 Å². The van der Waals surface area contributed by atoms with Gasteiger partial charge in [0.15, 0.2) is 0 Å². The molecule has 5 nitrogen and oxygen atoms in total. The maximum Gasteiger partial charge on any atom is 0.310 e. The minimum absolute atomic E-state index is 0.129. The highest BCUT2D eigenvalue weighted by atomic mass is 79.9. The predicted molar refractivity (Wildman–Crippen MR) is 112 cm³/mol. The first-order valence-electron chi connectivity index (χ1n) is 9.80. The number of ether oxygens (including phenoxy) is 2. The molecule has 1 saturated carbocycles. The van der Waals surface area contributed by atoms with Gasteiger partial charge in [0.1, 0.15) is 6.61 Å². The third-order valence-electron chi connectivity index (χ3n) is 5.41. The van der Waals surface area contributed by atoms with Gasteiger partial charge in [0, 0.05) is 17.0 Å². The smallest absolute Gasteiger partial charge is 0.310 e. The van der Waals surface area contributed by atoms with Crippen LogP contribution in [-0.4, -0.2) is 29.8 Å². The maximum absolute atomic E-state index is 13.1. The van der Waals surface area contributed by atoms with Crippen molar-refractivity contribution >= 4 is 27.9 Å². The summed E-state index contributed by atoms with van der Waals surface area (Å²) in [5.41, 5.74) is 1.79. The van der Waals surface area contributed by atoms with Gasteiger partial charge in [0.25, 0.3) is 0 Å². The molecule has 0 saturated heterocycles. The zero-order valence-corrected chi connectivity index (χ0v) is 17.9. The van der Waals surface area contributed by atoms with E-state index in [9.17, 15) is 14.7 Å². The second-order valence-electron chi connectivity index (χ2n) is 7.27. The summed E-state index contributed by atoms with van der Waals surface area (Å²) in [5.74, 6) is -3.34. The zero-order chi connectivity index (χ0) is 20.8. The van der Waals surface area contributed by atoms with Crippen LogP contribution in [0.1, 0.15) is 36.8 Å². The van der Waals surface area contributed by atoms with Gasteiger partial charge >= 0.3 is 11.9 Å². The van der Waals surface area contributed by atoms with Gasteiger partial charge in [-0.25, -0.2) is 0 Å². The Bertz CT molecular complexity index is 821. The number of halogens is 1. The first-order chi connectivity index (χ1) is 14.0. The molecule has 0 amide bonds. The number of hydrogen-bond acceptors (Lipinski definition) is 4. The summed E-state index contributed by atoms with van der Waals surface area (Å²) in [4.78, 5) is 25.1. The number of aliphatic carboxylic acids is 1. The van der Waals surface area contributed by atoms with Crippen LogP contribution >= 0.6 is 15.9 Å². The number of carboxylic acid groups (broad SMARTS) is 1. The minimum Gasteiger partial charge on any atom is -0.481 e. The van der Waals surface area contributed by atoms with Crippen LogP contribution in [0.2, 0.25) is 0 Å². The summed E-state index contributed by atoms with van der Waals surface area (Å²) >= 11 is 3.43. The number of benzene rings is 2. The number of rotatable bonds is 7. The molecule has 1 N–H and O–H groups in total. The Kier molecular flexibility index (Phi) is 7.45. The van der Waals surface area contributed by atoms with Crippen LogP contribution in [-0.2, 0) is 25.7 Å². The van der Waals surface area contributed by atoms with Crippen molar-refractivity contribution in [3.05, 3.63) is 70.2 Å². The van der Waals surface area contributed by atoms with E-state index in [1.165, 1.54) is 0 Å². The van der Waals surface area contributed by atoms with Crippen LogP contribution in [0.25, 0.3) is 0 Å². The first-order valence-corrected chi connectivity index (χ1v) is 10.6. The fourth-order valence-electron chi connectivity index (χ4n) is 4.07. The lowest BCUT2D eigenvalue weighted by molar-refractivity contribution is -0.165. The van der Waals surface area contributed by atoms with E-state index in [1.807, 2.05) is 61.5 Å². The second-order valence-corrected chi connectivity index (χ2v) is 8.19. The standard InChI is InChI=1S/C23H25BrO5/c1-2-28-18-12-19(16-8-10-17(24)11-9-16)21(20(13-18)22(25)26)23(27)29-14-15-6-4-3-5-7-15/h3-11,18-21H,2,12-14H2,1H3,(H,25,26)/t18-,19?,20?,21?/m0/s1. The number of carbonyl (C=O) groups is 2. The van der Waals surface area contributed by atoms with Crippen molar-refractivity contribution in [2.75, 3.05) is 6.61 Å². The maximum atomic E-state index is 13.1. The second kappa shape index (κ2) is 10.0. The third kappa shape index (κ3) is 5.46. The Morgan fingerprint density at radius 1 is 1.07 bits per heavy atom. The molecular formula is C23H25BrO5. The molecule has 2 aromatic rings. The van der Waals surface area contributed by atoms with Gasteiger partial charge in [-0.05, 0) is 43.0 Å². The van der Waals surface area contributed by atoms with Gasteiger partial charge in [-0.2, -0.15) is 0 Å². The Balaban J connectivity index is 1.87. The molecule has 0 heterocycles. The lowest BCUT2D eigenvalue weighted by Gasteiger charge is -2.39. The van der Waals surface area contributed by atoms with Gasteiger partial charge in [-0.3, -0.25) is 9.59 Å². The Hall–Kier alpha value is -2.18. The van der Waals surface area contributed by atoms with E-state index >= 15 is 0 Å². The van der Waals surface area contributed by atoms with Crippen LogP contribution in [0.5, 0.6) is 0 Å². The van der Waals surface area contributed by atoms with Crippen molar-refractivity contribution in [3.8, 4) is 0 Å². The van der Waals surface area contributed by atoms with Crippen LogP contribution < -0.4 is 0 Å². The van der Waals surface area contributed by atoms with Crippen molar-refractivity contribution in [1.29, 1.82) is 0 Å². The molecule has 1 fully saturated rings. The van der Waals surface area contributed by atoms with Crippen molar-refractivity contribution in [3.63, 3.8) is 0 Å². The molecule has 3 rings (SSSR count). The summed E-state index contributed by atoms with van der Waals surface area (Å²) < 4.78 is 12.3. The molecule has 1 aliphatic rings. The highest BCUT2D eigenvalue weighted by Gasteiger charge is 2.47. The Morgan fingerprint density at radius 3 is 2.38 bits per heavy atom. The minimum atomic E-state index is -0.988. The number of carboxylic acids is 1. The van der Waals surface area contributed by atoms with E-state index in [2.05, 4.69) is 15.9 Å². The summed E-state index contributed by atoms with van der Waals surface area (Å²) in [6, 6.07) is 17.1. The normalized spacial score (nSPS) is 24.1. The molecule has 1 aliphatic carbocycles. The molecule has 2 aromatic carbocycles. The molecular weight excluding hydrogens is 436 g/mol. The monoisotopic (exact) mass is 460 g/mol. The molecule has 0 bridgehead atoms. The van der Waals surface area contributed by atoms with Gasteiger partial charge in [-0.15, -0.1) is 0 Å². The van der Waals surface area contributed by atoms with Gasteiger partial charge < -0.3 is 14.6 Å². The SMILES string of the molecule is CCO[C@@H]1CC(C(=O)O)C(C(=O)OCc2ccccc2)C(c2ccc(Br)cc2)C1. The average molecular weight is 461 g/mol. The molecule has 0 spiro atoms. The molecule has 0 aromatic heterocycles. The first kappa shape index (κ1) is 21.5. The predicted octanol–water partition coefficient (Wildman–Crippen LogP) is 4.79. The van der Waals surface area contributed by atoms with Crippen molar-refractivity contribution < 1.29 is 24.2 Å². The van der Waals surface area contributed by atoms with E-state index in [0.29, 0.717) is 19.4 Å². The highest BCUT2D eigenvalue weighted by Crippen LogP contribution is 2.43. The van der Waals surface area contributed by atoms with Crippen molar-refractivity contribution in [1.82, 2.24) is 0 Å². The molecule has 0 radical (unpaired) electrons. The topological polar surface area (TPSA) is 72.8 Å². The van der Waals surface area contributed by atoms with E-state index in [0.717, 1.165) is 15.6 Å². The fraction of sp³-hybridized carbons (Fsp3) is 0.391. The number of esters is 1. The van der Waals surface area contributed by atoms with Gasteiger partial charge in [0.05, 0.1) is 17.9 Å². The molecule has 6 heteroatoms. The molecule has 0 aliphatic heterocycles. The van der Waals surface area contributed by atoms with Crippen molar-refractivity contribution in [2.45, 2.75) is 38.4 Å².